The molecular formula is C59H104N12O13. The van der Waals surface area contributed by atoms with Gasteiger partial charge in [-0.15, -0.1) is 0 Å². The molecule has 0 aromatic rings. The minimum atomic E-state index is -1.66. The zero-order valence-electron chi connectivity index (χ0n) is 53.2. The highest BCUT2D eigenvalue weighted by molar-refractivity contribution is 6.01. The molecule has 12 amide bonds. The molecule has 0 radical (unpaired) electrons. The summed E-state index contributed by atoms with van der Waals surface area (Å²) in [5.41, 5.74) is 0.763. The van der Waals surface area contributed by atoms with Gasteiger partial charge in [0.15, 0.2) is 0 Å². The van der Waals surface area contributed by atoms with Crippen LogP contribution < -0.4 is 53.6 Å². The summed E-state index contributed by atoms with van der Waals surface area (Å²) in [6, 6.07) is -8.49. The summed E-state index contributed by atoms with van der Waals surface area (Å²) in [5.74, 6) is -8.76. The van der Waals surface area contributed by atoms with Crippen molar-refractivity contribution in [2.45, 2.75) is 253 Å². The normalized spacial score (nSPS) is 18.5. The second-order valence-electron chi connectivity index (χ2n) is 26.0. The molecule has 478 valence electrons. The molecule has 0 bridgehead atoms. The molecule has 25 heteroatoms. The number of likely N-dealkylation sites (tertiary alicyclic amines) is 2. The molecule has 0 aromatic carbocycles. The van der Waals surface area contributed by atoms with Gasteiger partial charge in [0.05, 0.1) is 12.6 Å². The second-order valence-corrected chi connectivity index (χ2v) is 26.0. The van der Waals surface area contributed by atoms with Gasteiger partial charge < -0.3 is 68.5 Å². The molecule has 2 saturated heterocycles. The lowest BCUT2D eigenvalue weighted by molar-refractivity contribution is -0.146. The highest BCUT2D eigenvalue weighted by Crippen LogP contribution is 2.25. The van der Waals surface area contributed by atoms with Crippen molar-refractivity contribution in [1.29, 1.82) is 0 Å². The van der Waals surface area contributed by atoms with E-state index in [4.69, 9.17) is 5.73 Å². The number of carbonyl (C=O) groups excluding carboxylic acids is 12. The van der Waals surface area contributed by atoms with E-state index in [0.29, 0.717) is 38.5 Å². The Labute approximate surface area is 497 Å². The number of primary amides is 1. The van der Waals surface area contributed by atoms with Crippen molar-refractivity contribution < 1.29 is 62.6 Å². The zero-order chi connectivity index (χ0) is 64.4. The third-order valence-electron chi connectivity index (χ3n) is 15.5. The standard InChI is InChI=1S/C59H104N12O13/c1-18-35(9)45(65-47(75)39(24-25-44(60)74)64-54(82)57(12,13)67-37(11)73)52(80)66-46(36(10)19-2)53(81)69-59(16,17)56(84)71-27-21-23-43(71)51(79)63-40(29-33(5)6)48(76)62-41(30-34(7)8)49(77)68-58(14,15)55(83)70-26-20-22-42(70)50(78)61-38(31-72)28-32(3)4/h32-36,38-43,45-46,72H,18-31H2,1-17H3,(H2,60,74)(H,61,78)(H,62,76)(H,63,79)(H,64,82)(H,65,75)(H,66,80)(H,67,73)(H,68,77)(H,69,81)/t35-,36-,38-,39-,40-,41-,42-,43+,45-,46-/m0/s1. The van der Waals surface area contributed by atoms with E-state index >= 15 is 0 Å². The van der Waals surface area contributed by atoms with Gasteiger partial charge in [-0.05, 0) is 122 Å². The van der Waals surface area contributed by atoms with Gasteiger partial charge >= 0.3 is 0 Å². The Morgan fingerprint density at radius 1 is 0.512 bits per heavy atom. The van der Waals surface area contributed by atoms with Gasteiger partial charge in [0.1, 0.15) is 58.9 Å². The first kappa shape index (κ1) is 73.7. The molecule has 2 rings (SSSR count). The maximum Gasteiger partial charge on any atom is 0.248 e. The molecule has 0 saturated carbocycles. The third-order valence-corrected chi connectivity index (χ3v) is 15.5. The highest BCUT2D eigenvalue weighted by atomic mass is 16.3. The van der Waals surface area contributed by atoms with E-state index in [1.807, 2.05) is 41.5 Å². The lowest BCUT2D eigenvalue weighted by atomic mass is 9.93. The van der Waals surface area contributed by atoms with Gasteiger partial charge in [0.25, 0.3) is 0 Å². The monoisotopic (exact) mass is 1190 g/mol. The van der Waals surface area contributed by atoms with E-state index in [0.717, 1.165) is 0 Å². The summed E-state index contributed by atoms with van der Waals surface area (Å²) >= 11 is 0. The molecule has 2 aliphatic rings. The van der Waals surface area contributed by atoms with E-state index in [-0.39, 0.29) is 75.5 Å². The molecule has 2 aliphatic heterocycles. The van der Waals surface area contributed by atoms with Gasteiger partial charge in [-0.1, -0.05) is 82.1 Å². The minimum absolute atomic E-state index is 0.109. The van der Waals surface area contributed by atoms with Crippen LogP contribution >= 0.6 is 0 Å². The molecule has 0 unspecified atom stereocenters. The average molecular weight is 1190 g/mol. The van der Waals surface area contributed by atoms with E-state index in [1.54, 1.807) is 27.7 Å². The van der Waals surface area contributed by atoms with Crippen LogP contribution in [0.25, 0.3) is 0 Å². The second kappa shape index (κ2) is 32.8. The molecule has 0 aromatic heterocycles. The van der Waals surface area contributed by atoms with E-state index < -0.39 is 142 Å². The number of aliphatic hydroxyl groups excluding tert-OH is 1. The van der Waals surface area contributed by atoms with Gasteiger partial charge in [0, 0.05) is 26.4 Å². The Morgan fingerprint density at radius 2 is 0.929 bits per heavy atom. The molecule has 84 heavy (non-hydrogen) atoms. The molecule has 12 N–H and O–H groups in total. The Kier molecular flexibility index (Phi) is 28.7. The zero-order valence-corrected chi connectivity index (χ0v) is 53.2. The summed E-state index contributed by atoms with van der Waals surface area (Å²) in [6.07, 6.45) is 2.74. The number of aliphatic hydroxyl groups is 1. The SMILES string of the molecule is CC[C@H](C)[C@H](NC(=O)[C@H](CCC(N)=O)NC(=O)C(C)(C)NC(C)=O)C(=O)N[C@H](C(=O)NC(C)(C)C(=O)N1CCC[C@@H]1C(=O)N[C@@H](CC(C)C)C(=O)N[C@@H](CC(C)C)C(=O)NC(C)(C)C(=O)N1CCC[C@H]1C(=O)N[C@H](CO)CC(C)C)[C@@H](C)CC. The van der Waals surface area contributed by atoms with Crippen LogP contribution in [0.3, 0.4) is 0 Å². The van der Waals surface area contributed by atoms with Crippen LogP contribution in [-0.4, -0.2) is 170 Å². The van der Waals surface area contributed by atoms with E-state index in [1.165, 1.54) is 58.3 Å². The first-order chi connectivity index (χ1) is 38.8. The quantitative estimate of drug-likeness (QED) is 0.0439. The number of nitrogens with two attached hydrogens (primary N) is 1. The van der Waals surface area contributed by atoms with Crippen LogP contribution in [0.4, 0.5) is 0 Å². The first-order valence-electron chi connectivity index (χ1n) is 30.1. The van der Waals surface area contributed by atoms with Crippen LogP contribution in [0.1, 0.15) is 188 Å². The summed E-state index contributed by atoms with van der Waals surface area (Å²) in [4.78, 5) is 167. The van der Waals surface area contributed by atoms with E-state index in [2.05, 4.69) is 47.9 Å². The predicted molar refractivity (Wildman–Crippen MR) is 316 cm³/mol. The van der Waals surface area contributed by atoms with Crippen LogP contribution in [0, 0.1) is 29.6 Å². The average Bonchev–Trinajstić information content (AvgIpc) is 4.22. The maximum absolute atomic E-state index is 14.6. The number of hydrogen-bond acceptors (Lipinski definition) is 13. The summed E-state index contributed by atoms with van der Waals surface area (Å²) in [5, 5.41) is 34.6. The largest absolute Gasteiger partial charge is 0.394 e. The van der Waals surface area contributed by atoms with E-state index in [9.17, 15) is 62.6 Å². The summed E-state index contributed by atoms with van der Waals surface area (Å²) in [6.45, 7) is 28.7. The highest BCUT2D eigenvalue weighted by Gasteiger charge is 2.46. The smallest absolute Gasteiger partial charge is 0.248 e. The van der Waals surface area contributed by atoms with Crippen molar-refractivity contribution in [3.05, 3.63) is 0 Å². The van der Waals surface area contributed by atoms with Crippen molar-refractivity contribution in [3.63, 3.8) is 0 Å². The molecule has 2 heterocycles. The van der Waals surface area contributed by atoms with Crippen molar-refractivity contribution >= 4 is 70.9 Å². The van der Waals surface area contributed by atoms with Crippen LogP contribution in [0.2, 0.25) is 0 Å². The number of amides is 12. The third kappa shape index (κ3) is 22.2. The molecule has 0 spiro atoms. The Bertz CT molecular complexity index is 2340. The molecular weight excluding hydrogens is 1080 g/mol. The lowest BCUT2D eigenvalue weighted by Crippen LogP contribution is -2.64. The number of nitrogens with zero attached hydrogens (tertiary/aromatic N) is 2. The number of carbonyl (C=O) groups is 12. The van der Waals surface area contributed by atoms with Gasteiger partial charge in [-0.2, -0.15) is 0 Å². The van der Waals surface area contributed by atoms with Crippen molar-refractivity contribution in [2.24, 2.45) is 35.3 Å². The minimum Gasteiger partial charge on any atom is -0.394 e. The molecule has 25 nitrogen and oxygen atoms in total. The fourth-order valence-corrected chi connectivity index (χ4v) is 10.5. The maximum atomic E-state index is 14.6. The van der Waals surface area contributed by atoms with Gasteiger partial charge in [-0.3, -0.25) is 57.5 Å². The molecule has 10 atom stereocenters. The molecule has 0 aliphatic carbocycles. The van der Waals surface area contributed by atoms with Crippen LogP contribution in [0.15, 0.2) is 0 Å². The number of rotatable bonds is 33. The van der Waals surface area contributed by atoms with Crippen molar-refractivity contribution in [3.8, 4) is 0 Å². The van der Waals surface area contributed by atoms with Crippen molar-refractivity contribution in [2.75, 3.05) is 19.7 Å². The fraction of sp³-hybridized carbons (Fsp3) is 0.797. The Morgan fingerprint density at radius 3 is 1.36 bits per heavy atom. The fourth-order valence-electron chi connectivity index (χ4n) is 10.5. The van der Waals surface area contributed by atoms with Gasteiger partial charge in [-0.25, -0.2) is 0 Å². The predicted octanol–water partition coefficient (Wildman–Crippen LogP) is 1.07. The summed E-state index contributed by atoms with van der Waals surface area (Å²) < 4.78 is 0. The number of nitrogens with one attached hydrogen (secondary N) is 9. The Balaban J connectivity index is 2.33. The topological polar surface area (TPSA) is 366 Å². The molecule has 2 fully saturated rings. The summed E-state index contributed by atoms with van der Waals surface area (Å²) in [7, 11) is 0. The first-order valence-corrected chi connectivity index (χ1v) is 30.1. The lowest BCUT2D eigenvalue weighted by Gasteiger charge is -2.36. The van der Waals surface area contributed by atoms with Crippen LogP contribution in [-0.2, 0) is 57.5 Å². The van der Waals surface area contributed by atoms with Crippen LogP contribution in [0.5, 0.6) is 0 Å². The Hall–Kier alpha value is -6.40. The van der Waals surface area contributed by atoms with Crippen molar-refractivity contribution in [1.82, 2.24) is 57.7 Å². The van der Waals surface area contributed by atoms with Gasteiger partial charge in [0.2, 0.25) is 70.9 Å². The number of hydrogen-bond donors (Lipinski definition) is 11.